The maximum absolute atomic E-state index is 13.6. The molecule has 2 N–H and O–H groups in total. The van der Waals surface area contributed by atoms with Gasteiger partial charge in [0, 0.05) is 25.7 Å². The number of benzene rings is 1. The van der Waals surface area contributed by atoms with Gasteiger partial charge < -0.3 is 20.3 Å². The van der Waals surface area contributed by atoms with Crippen LogP contribution in [0.4, 0.5) is 9.18 Å². The summed E-state index contributed by atoms with van der Waals surface area (Å²) in [5.74, 6) is 2.35. The van der Waals surface area contributed by atoms with Crippen molar-refractivity contribution in [1.82, 2.24) is 15.5 Å². The molecule has 0 saturated heterocycles. The summed E-state index contributed by atoms with van der Waals surface area (Å²) in [6, 6.07) is 5.15. The summed E-state index contributed by atoms with van der Waals surface area (Å²) in [4.78, 5) is 13.3. The molecule has 2 aliphatic rings. The zero-order valence-corrected chi connectivity index (χ0v) is 17.3. The van der Waals surface area contributed by atoms with Crippen molar-refractivity contribution in [3.63, 3.8) is 0 Å². The molecule has 2 atom stereocenters. The van der Waals surface area contributed by atoms with Gasteiger partial charge in [-0.25, -0.2) is 9.18 Å². The lowest BCUT2D eigenvalue weighted by Crippen LogP contribution is -2.43. The van der Waals surface area contributed by atoms with Gasteiger partial charge in [0.05, 0.1) is 7.11 Å². The molecule has 3 rings (SSSR count). The van der Waals surface area contributed by atoms with Gasteiger partial charge in [-0.05, 0) is 87.6 Å². The van der Waals surface area contributed by atoms with E-state index in [-0.39, 0.29) is 11.8 Å². The number of hydrogen-bond donors (Lipinski definition) is 2. The molecule has 0 heterocycles. The Kier molecular flexibility index (Phi) is 7.16. The van der Waals surface area contributed by atoms with E-state index in [2.05, 4.69) is 10.6 Å². The van der Waals surface area contributed by atoms with Crippen molar-refractivity contribution in [2.24, 2.45) is 11.8 Å². The fourth-order valence-electron chi connectivity index (χ4n) is 4.34. The summed E-state index contributed by atoms with van der Waals surface area (Å²) in [6.07, 6.45) is 6.82. The van der Waals surface area contributed by atoms with Gasteiger partial charge in [-0.2, -0.15) is 0 Å². The second kappa shape index (κ2) is 9.59. The van der Waals surface area contributed by atoms with E-state index in [1.54, 1.807) is 38.2 Å². The molecule has 0 radical (unpaired) electrons. The monoisotopic (exact) mass is 391 g/mol. The number of nitrogens with one attached hydrogen (secondary N) is 2. The highest BCUT2D eigenvalue weighted by atomic mass is 19.1. The van der Waals surface area contributed by atoms with Crippen LogP contribution < -0.4 is 15.4 Å². The minimum absolute atomic E-state index is 0.0130. The summed E-state index contributed by atoms with van der Waals surface area (Å²) < 4.78 is 18.9. The quantitative estimate of drug-likeness (QED) is 0.664. The molecule has 5 nitrogen and oxygen atoms in total. The summed E-state index contributed by atoms with van der Waals surface area (Å²) in [7, 11) is 5.20. The topological polar surface area (TPSA) is 53.6 Å². The third-order valence-corrected chi connectivity index (χ3v) is 6.23. The molecule has 28 heavy (non-hydrogen) atoms. The molecule has 2 unspecified atom stereocenters. The number of methoxy groups -OCH3 is 1. The summed E-state index contributed by atoms with van der Waals surface area (Å²) in [6.45, 7) is 2.02. The van der Waals surface area contributed by atoms with Crippen molar-refractivity contribution in [3.05, 3.63) is 29.6 Å². The minimum atomic E-state index is -0.188. The number of carbonyl (C=O) groups excluding carboxylic acids is 1. The third kappa shape index (κ3) is 5.60. The standard InChI is InChI=1S/C22H34FN3O2/c1-26(2)22(27)25-18-7-4-15(5-8-18)10-11-24-14-16-12-19(16)20-13-17(23)6-9-21(20)28-3/h6,9,13,15-16,18-19,24H,4-5,7-8,10-12,14H2,1-3H3,(H,25,27). The Hall–Kier alpha value is -1.82. The van der Waals surface area contributed by atoms with Crippen LogP contribution in [0.3, 0.4) is 0 Å². The fourth-order valence-corrected chi connectivity index (χ4v) is 4.34. The smallest absolute Gasteiger partial charge is 0.317 e. The van der Waals surface area contributed by atoms with Crippen LogP contribution in [-0.4, -0.2) is 51.3 Å². The molecule has 2 saturated carbocycles. The Morgan fingerprint density at radius 2 is 2.00 bits per heavy atom. The van der Waals surface area contributed by atoms with Gasteiger partial charge in [0.1, 0.15) is 11.6 Å². The minimum Gasteiger partial charge on any atom is -0.496 e. The summed E-state index contributed by atoms with van der Waals surface area (Å²) in [5, 5.41) is 6.69. The largest absolute Gasteiger partial charge is 0.496 e. The predicted octanol–water partition coefficient (Wildman–Crippen LogP) is 3.75. The molecule has 2 aliphatic carbocycles. The van der Waals surface area contributed by atoms with Crippen LogP contribution in [-0.2, 0) is 0 Å². The summed E-state index contributed by atoms with van der Waals surface area (Å²) >= 11 is 0. The van der Waals surface area contributed by atoms with Crippen LogP contribution in [0.25, 0.3) is 0 Å². The van der Waals surface area contributed by atoms with E-state index in [1.165, 1.54) is 25.3 Å². The first-order valence-electron chi connectivity index (χ1n) is 10.5. The van der Waals surface area contributed by atoms with E-state index in [9.17, 15) is 9.18 Å². The van der Waals surface area contributed by atoms with Crippen LogP contribution in [0.5, 0.6) is 5.75 Å². The van der Waals surface area contributed by atoms with Gasteiger partial charge >= 0.3 is 6.03 Å². The van der Waals surface area contributed by atoms with E-state index in [4.69, 9.17) is 4.74 Å². The van der Waals surface area contributed by atoms with Gasteiger partial charge in [-0.3, -0.25) is 0 Å². The second-order valence-electron chi connectivity index (χ2n) is 8.54. The van der Waals surface area contributed by atoms with Gasteiger partial charge in [0.2, 0.25) is 0 Å². The Morgan fingerprint density at radius 3 is 2.68 bits per heavy atom. The molecule has 0 bridgehead atoms. The molecule has 0 aliphatic heterocycles. The van der Waals surface area contributed by atoms with E-state index in [0.717, 1.165) is 49.6 Å². The number of hydrogen-bond acceptors (Lipinski definition) is 3. The number of nitrogens with zero attached hydrogens (tertiary/aromatic N) is 1. The number of amides is 2. The molecule has 0 spiro atoms. The molecule has 156 valence electrons. The average Bonchev–Trinajstić information content (AvgIpc) is 3.46. The number of carbonyl (C=O) groups is 1. The lowest BCUT2D eigenvalue weighted by Gasteiger charge is -2.30. The first-order chi connectivity index (χ1) is 13.5. The highest BCUT2D eigenvalue weighted by Crippen LogP contribution is 2.50. The number of rotatable bonds is 8. The molecule has 2 amide bonds. The number of ether oxygens (including phenoxy) is 1. The normalized spacial score (nSPS) is 26.6. The molecule has 1 aromatic rings. The van der Waals surface area contributed by atoms with E-state index < -0.39 is 0 Å². The Morgan fingerprint density at radius 1 is 1.25 bits per heavy atom. The number of halogens is 1. The highest BCUT2D eigenvalue weighted by molar-refractivity contribution is 5.73. The fraction of sp³-hybridized carbons (Fsp3) is 0.682. The molecule has 1 aromatic carbocycles. The molecule has 0 aromatic heterocycles. The van der Waals surface area contributed by atoms with Crippen molar-refractivity contribution in [2.45, 2.75) is 50.5 Å². The predicted molar refractivity (Wildman–Crippen MR) is 109 cm³/mol. The van der Waals surface area contributed by atoms with Crippen molar-refractivity contribution in [2.75, 3.05) is 34.3 Å². The first-order valence-corrected chi connectivity index (χ1v) is 10.5. The number of urea groups is 1. The Bertz CT molecular complexity index is 659. The maximum atomic E-state index is 13.6. The first kappa shape index (κ1) is 20.9. The molecular formula is C22H34FN3O2. The highest BCUT2D eigenvalue weighted by Gasteiger charge is 2.39. The lowest BCUT2D eigenvalue weighted by molar-refractivity contribution is 0.203. The maximum Gasteiger partial charge on any atom is 0.317 e. The second-order valence-corrected chi connectivity index (χ2v) is 8.54. The van der Waals surface area contributed by atoms with Crippen LogP contribution >= 0.6 is 0 Å². The van der Waals surface area contributed by atoms with Crippen LogP contribution in [0.1, 0.15) is 50.0 Å². The molecular weight excluding hydrogens is 357 g/mol. The van der Waals surface area contributed by atoms with Crippen LogP contribution in [0, 0.1) is 17.7 Å². The SMILES string of the molecule is COc1ccc(F)cc1C1CC1CNCCC1CCC(NC(=O)N(C)C)CC1. The third-order valence-electron chi connectivity index (χ3n) is 6.23. The van der Waals surface area contributed by atoms with Gasteiger partial charge in [0.25, 0.3) is 0 Å². The Balaban J connectivity index is 1.31. The van der Waals surface area contributed by atoms with Crippen molar-refractivity contribution in [3.8, 4) is 5.75 Å². The zero-order valence-electron chi connectivity index (χ0n) is 17.3. The van der Waals surface area contributed by atoms with Gasteiger partial charge in [-0.15, -0.1) is 0 Å². The Labute approximate surface area is 168 Å². The van der Waals surface area contributed by atoms with Crippen molar-refractivity contribution in [1.29, 1.82) is 0 Å². The van der Waals surface area contributed by atoms with Crippen molar-refractivity contribution < 1.29 is 13.9 Å². The van der Waals surface area contributed by atoms with Crippen LogP contribution in [0.2, 0.25) is 0 Å². The van der Waals surface area contributed by atoms with E-state index >= 15 is 0 Å². The molecule has 6 heteroatoms. The lowest BCUT2D eigenvalue weighted by atomic mass is 9.84. The van der Waals surface area contributed by atoms with Crippen LogP contribution in [0.15, 0.2) is 18.2 Å². The van der Waals surface area contributed by atoms with Gasteiger partial charge in [-0.1, -0.05) is 0 Å². The van der Waals surface area contributed by atoms with Crippen molar-refractivity contribution >= 4 is 6.03 Å². The van der Waals surface area contributed by atoms with E-state index in [1.807, 2.05) is 0 Å². The summed E-state index contributed by atoms with van der Waals surface area (Å²) in [5.41, 5.74) is 1.01. The van der Waals surface area contributed by atoms with E-state index in [0.29, 0.717) is 17.9 Å². The average molecular weight is 392 g/mol. The molecule has 2 fully saturated rings. The van der Waals surface area contributed by atoms with Gasteiger partial charge in [0.15, 0.2) is 0 Å². The zero-order chi connectivity index (χ0) is 20.1.